The van der Waals surface area contributed by atoms with Crippen LogP contribution in [0.15, 0.2) is 60.7 Å². The van der Waals surface area contributed by atoms with Gasteiger partial charge in [0.05, 0.1) is 19.1 Å². The van der Waals surface area contributed by atoms with Gasteiger partial charge in [0, 0.05) is 18.0 Å². The third-order valence-corrected chi connectivity index (χ3v) is 6.75. The van der Waals surface area contributed by atoms with Gasteiger partial charge in [0.25, 0.3) is 0 Å². The molecule has 1 unspecified atom stereocenters. The molecule has 150 valence electrons. The van der Waals surface area contributed by atoms with E-state index < -0.39 is 21.6 Å². The molecule has 29 heavy (non-hydrogen) atoms. The number of carbonyl (C=O) groups is 1. The molecule has 0 N–H and O–H groups in total. The predicted molar refractivity (Wildman–Crippen MR) is 114 cm³/mol. The van der Waals surface area contributed by atoms with Crippen LogP contribution in [-0.4, -0.2) is 56.3 Å². The summed E-state index contributed by atoms with van der Waals surface area (Å²) in [4.78, 5) is 23.7. The van der Waals surface area contributed by atoms with E-state index in [-0.39, 0.29) is 4.32 Å². The number of amides is 1. The number of benzene rings is 2. The first-order chi connectivity index (χ1) is 14.1. The van der Waals surface area contributed by atoms with E-state index >= 15 is 0 Å². The number of thiocarbonyl (C=S) groups is 1. The Bertz CT molecular complexity index is 882. The van der Waals surface area contributed by atoms with Gasteiger partial charge in [0.2, 0.25) is 0 Å². The number of nitro groups is 1. The van der Waals surface area contributed by atoms with E-state index in [1.807, 2.05) is 60.7 Å². The molecule has 0 saturated carbocycles. The molecule has 2 aliphatic heterocycles. The first-order valence-corrected chi connectivity index (χ1v) is 10.4. The highest BCUT2D eigenvalue weighted by Gasteiger charge is 2.68. The SMILES string of the molecule is O=C1N(N2CCOCC2)C(=S)SC1(C(c1ccccc1)c1ccccc1)[N+](=O)[O-]. The first-order valence-electron chi connectivity index (χ1n) is 9.20. The van der Waals surface area contributed by atoms with Crippen molar-refractivity contribution in [1.82, 2.24) is 10.0 Å². The standard InChI is InChI=1S/C20H19N3O4S2/c24-18-20(23(25)26,29-19(28)22(18)21-11-13-27-14-12-21)17(15-7-3-1-4-8-15)16-9-5-2-6-10-16/h1-10,17H,11-14H2. The minimum Gasteiger partial charge on any atom is -0.379 e. The second kappa shape index (κ2) is 8.19. The number of rotatable bonds is 5. The number of hydrogen-bond donors (Lipinski definition) is 0. The lowest BCUT2D eigenvalue weighted by atomic mass is 9.84. The van der Waals surface area contributed by atoms with Gasteiger partial charge in [-0.3, -0.25) is 14.9 Å². The van der Waals surface area contributed by atoms with Crippen molar-refractivity contribution in [2.75, 3.05) is 26.3 Å². The highest BCUT2D eigenvalue weighted by molar-refractivity contribution is 8.24. The maximum absolute atomic E-state index is 13.7. The Morgan fingerprint density at radius 3 is 2.03 bits per heavy atom. The van der Waals surface area contributed by atoms with Crippen LogP contribution in [0, 0.1) is 10.1 Å². The minimum atomic E-state index is -1.97. The molecule has 2 aromatic carbocycles. The van der Waals surface area contributed by atoms with Crippen molar-refractivity contribution in [3.05, 3.63) is 81.9 Å². The number of hydrazine groups is 1. The van der Waals surface area contributed by atoms with Gasteiger partial charge in [0.15, 0.2) is 4.32 Å². The van der Waals surface area contributed by atoms with Gasteiger partial charge in [-0.15, -0.1) is 0 Å². The van der Waals surface area contributed by atoms with Crippen LogP contribution in [0.4, 0.5) is 0 Å². The Balaban J connectivity index is 1.85. The third-order valence-electron chi connectivity index (χ3n) is 5.11. The topological polar surface area (TPSA) is 75.9 Å². The Morgan fingerprint density at radius 1 is 1.03 bits per heavy atom. The summed E-state index contributed by atoms with van der Waals surface area (Å²) in [7, 11) is 0. The first kappa shape index (κ1) is 20.0. The van der Waals surface area contributed by atoms with Gasteiger partial charge in [-0.25, -0.2) is 10.0 Å². The molecular weight excluding hydrogens is 410 g/mol. The van der Waals surface area contributed by atoms with Crippen LogP contribution < -0.4 is 0 Å². The summed E-state index contributed by atoms with van der Waals surface area (Å²) < 4.78 is 5.55. The van der Waals surface area contributed by atoms with E-state index in [4.69, 9.17) is 17.0 Å². The smallest absolute Gasteiger partial charge is 0.362 e. The van der Waals surface area contributed by atoms with Crippen molar-refractivity contribution in [3.63, 3.8) is 0 Å². The van der Waals surface area contributed by atoms with E-state index in [1.54, 1.807) is 5.01 Å². The molecule has 0 radical (unpaired) electrons. The molecule has 0 aliphatic carbocycles. The number of morpholine rings is 1. The minimum absolute atomic E-state index is 0.200. The fraction of sp³-hybridized carbons (Fsp3) is 0.300. The van der Waals surface area contributed by atoms with Gasteiger partial charge in [0.1, 0.15) is 0 Å². The van der Waals surface area contributed by atoms with E-state index in [0.29, 0.717) is 37.4 Å². The predicted octanol–water partition coefficient (Wildman–Crippen LogP) is 2.90. The highest BCUT2D eigenvalue weighted by atomic mass is 32.2. The fourth-order valence-corrected chi connectivity index (χ4v) is 5.56. The zero-order chi connectivity index (χ0) is 20.4. The van der Waals surface area contributed by atoms with Crippen LogP contribution in [-0.2, 0) is 9.53 Å². The van der Waals surface area contributed by atoms with Crippen LogP contribution in [0.2, 0.25) is 0 Å². The van der Waals surface area contributed by atoms with Crippen LogP contribution in [0.3, 0.4) is 0 Å². The quantitative estimate of drug-likeness (QED) is 0.411. The van der Waals surface area contributed by atoms with E-state index in [9.17, 15) is 14.9 Å². The number of ether oxygens (including phenoxy) is 1. The van der Waals surface area contributed by atoms with Gasteiger partial charge in [-0.05, 0) is 22.9 Å². The van der Waals surface area contributed by atoms with E-state index in [1.165, 1.54) is 5.01 Å². The molecule has 1 amide bonds. The van der Waals surface area contributed by atoms with Crippen molar-refractivity contribution in [3.8, 4) is 0 Å². The fourth-order valence-electron chi connectivity index (χ4n) is 3.79. The lowest BCUT2D eigenvalue weighted by Crippen LogP contribution is -2.56. The monoisotopic (exact) mass is 429 g/mol. The van der Waals surface area contributed by atoms with Crippen LogP contribution in [0.1, 0.15) is 17.0 Å². The Kier molecular flexibility index (Phi) is 5.64. The van der Waals surface area contributed by atoms with Gasteiger partial charge >= 0.3 is 10.8 Å². The molecule has 2 aliphatic rings. The number of hydrogen-bond acceptors (Lipinski definition) is 7. The Labute approximate surface area is 177 Å². The lowest BCUT2D eigenvalue weighted by Gasteiger charge is -2.34. The number of thioether (sulfide) groups is 1. The maximum Gasteiger partial charge on any atom is 0.362 e. The van der Waals surface area contributed by atoms with Crippen molar-refractivity contribution in [2.45, 2.75) is 10.8 Å². The highest BCUT2D eigenvalue weighted by Crippen LogP contribution is 2.51. The third kappa shape index (κ3) is 3.44. The van der Waals surface area contributed by atoms with Crippen molar-refractivity contribution < 1.29 is 14.5 Å². The molecule has 2 fully saturated rings. The molecule has 1 atom stereocenters. The van der Waals surface area contributed by atoms with Crippen LogP contribution in [0.5, 0.6) is 0 Å². The normalized spacial score (nSPS) is 23.0. The van der Waals surface area contributed by atoms with Gasteiger partial charge in [-0.1, -0.05) is 72.9 Å². The lowest BCUT2D eigenvalue weighted by molar-refractivity contribution is -0.525. The Morgan fingerprint density at radius 2 is 1.55 bits per heavy atom. The Hall–Kier alpha value is -2.33. The van der Waals surface area contributed by atoms with Crippen molar-refractivity contribution in [2.24, 2.45) is 0 Å². The summed E-state index contributed by atoms with van der Waals surface area (Å²) in [6.45, 7) is 1.82. The van der Waals surface area contributed by atoms with Crippen molar-refractivity contribution in [1.29, 1.82) is 0 Å². The molecule has 4 rings (SSSR count). The maximum atomic E-state index is 13.7. The molecule has 2 aromatic rings. The summed E-state index contributed by atoms with van der Waals surface area (Å²) in [5.41, 5.74) is 1.39. The van der Waals surface area contributed by atoms with Gasteiger partial charge in [-0.2, -0.15) is 0 Å². The summed E-state index contributed by atoms with van der Waals surface area (Å²) >= 11 is 6.32. The van der Waals surface area contributed by atoms with Crippen molar-refractivity contribution >= 4 is 34.2 Å². The van der Waals surface area contributed by atoms with Crippen LogP contribution >= 0.6 is 24.0 Å². The number of nitrogens with zero attached hydrogens (tertiary/aromatic N) is 3. The molecule has 7 nitrogen and oxygen atoms in total. The second-order valence-corrected chi connectivity index (χ2v) is 8.62. The summed E-state index contributed by atoms with van der Waals surface area (Å²) in [5, 5.41) is 15.6. The largest absolute Gasteiger partial charge is 0.379 e. The molecule has 0 spiro atoms. The molecule has 9 heteroatoms. The average molecular weight is 430 g/mol. The summed E-state index contributed by atoms with van der Waals surface area (Å²) in [6.07, 6.45) is 0. The summed E-state index contributed by atoms with van der Waals surface area (Å²) in [6, 6.07) is 18.2. The number of carbonyl (C=O) groups excluding carboxylic acids is 1. The average Bonchev–Trinajstić information content (AvgIpc) is 3.01. The molecule has 0 bridgehead atoms. The zero-order valence-electron chi connectivity index (χ0n) is 15.5. The molecule has 2 saturated heterocycles. The second-order valence-electron chi connectivity index (χ2n) is 6.76. The van der Waals surface area contributed by atoms with E-state index in [2.05, 4.69) is 0 Å². The molecular formula is C20H19N3O4S2. The van der Waals surface area contributed by atoms with E-state index in [0.717, 1.165) is 11.8 Å². The molecule has 0 aromatic heterocycles. The molecule has 2 heterocycles. The van der Waals surface area contributed by atoms with Crippen LogP contribution in [0.25, 0.3) is 0 Å². The zero-order valence-corrected chi connectivity index (χ0v) is 17.1. The van der Waals surface area contributed by atoms with Gasteiger partial charge < -0.3 is 4.74 Å². The summed E-state index contributed by atoms with van der Waals surface area (Å²) in [5.74, 6) is -1.40.